The highest BCUT2D eigenvalue weighted by Gasteiger charge is 1.99. The molecule has 1 rings (SSSR count). The van der Waals surface area contributed by atoms with Gasteiger partial charge in [0.05, 0.1) is 0 Å². The van der Waals surface area contributed by atoms with Crippen molar-refractivity contribution in [3.05, 3.63) is 29.3 Å². The molecule has 0 aromatic heterocycles. The second-order valence-electron chi connectivity index (χ2n) is 1.83. The predicted molar refractivity (Wildman–Crippen MR) is 47.6 cm³/mol. The quantitative estimate of drug-likeness (QED) is 0.681. The van der Waals surface area contributed by atoms with Crippen LogP contribution in [0.15, 0.2) is 24.3 Å². The van der Waals surface area contributed by atoms with E-state index in [2.05, 4.69) is 0 Å². The van der Waals surface area contributed by atoms with Crippen LogP contribution in [0.3, 0.4) is 0 Å². The third-order valence-corrected chi connectivity index (χ3v) is 1.47. The van der Waals surface area contributed by atoms with E-state index in [1.165, 1.54) is 0 Å². The van der Waals surface area contributed by atoms with E-state index in [1.807, 2.05) is 0 Å². The first-order valence-corrected chi connectivity index (χ1v) is 4.14. The molecule has 0 radical (unpaired) electrons. The van der Waals surface area contributed by atoms with Crippen LogP contribution in [-0.2, 0) is 0 Å². The van der Waals surface area contributed by atoms with Crippen LogP contribution < -0.4 is 4.74 Å². The second kappa shape index (κ2) is 4.05. The van der Waals surface area contributed by atoms with Gasteiger partial charge in [0.1, 0.15) is 5.75 Å². The van der Waals surface area contributed by atoms with Crippen LogP contribution in [0.25, 0.3) is 0 Å². The molecular formula is C7H5Cl3O. The molecule has 0 spiro atoms. The lowest BCUT2D eigenvalue weighted by Crippen LogP contribution is -1.98. The van der Waals surface area contributed by atoms with Crippen LogP contribution in [0.5, 0.6) is 5.75 Å². The molecule has 0 atom stereocenters. The Kier molecular flexibility index (Phi) is 3.31. The lowest BCUT2D eigenvalue weighted by atomic mass is 10.3. The molecule has 0 unspecified atom stereocenters. The molecule has 0 heterocycles. The van der Waals surface area contributed by atoms with Crippen molar-refractivity contribution in [2.24, 2.45) is 0 Å². The molecule has 0 saturated carbocycles. The van der Waals surface area contributed by atoms with Gasteiger partial charge in [0, 0.05) is 5.02 Å². The van der Waals surface area contributed by atoms with E-state index >= 15 is 0 Å². The van der Waals surface area contributed by atoms with Crippen LogP contribution in [-0.4, -0.2) is 5.02 Å². The van der Waals surface area contributed by atoms with Gasteiger partial charge in [-0.15, -0.1) is 0 Å². The zero-order valence-corrected chi connectivity index (χ0v) is 7.70. The lowest BCUT2D eigenvalue weighted by Gasteiger charge is -2.04. The highest BCUT2D eigenvalue weighted by atomic mass is 35.5. The van der Waals surface area contributed by atoms with Crippen LogP contribution >= 0.6 is 34.8 Å². The summed E-state index contributed by atoms with van der Waals surface area (Å²) in [6.45, 7) is 0. The largest absolute Gasteiger partial charge is 0.461 e. The summed E-state index contributed by atoms with van der Waals surface area (Å²) in [6, 6.07) is 6.79. The number of halogens is 3. The molecule has 1 aromatic rings. The Labute approximate surface area is 79.8 Å². The van der Waals surface area contributed by atoms with Crippen LogP contribution in [0.2, 0.25) is 5.02 Å². The first kappa shape index (κ1) is 8.98. The van der Waals surface area contributed by atoms with Crippen molar-refractivity contribution in [2.45, 2.75) is 5.02 Å². The van der Waals surface area contributed by atoms with Gasteiger partial charge in [-0.1, -0.05) is 34.8 Å². The number of alkyl halides is 2. The van der Waals surface area contributed by atoms with Gasteiger partial charge in [-0.05, 0) is 24.3 Å². The molecule has 1 aromatic carbocycles. The third-order valence-electron chi connectivity index (χ3n) is 1.04. The topological polar surface area (TPSA) is 9.23 Å². The molecule has 0 aliphatic heterocycles. The van der Waals surface area contributed by atoms with E-state index in [0.717, 1.165) is 0 Å². The Hall–Kier alpha value is -0.110. The van der Waals surface area contributed by atoms with Crippen molar-refractivity contribution in [2.75, 3.05) is 0 Å². The number of benzene rings is 1. The predicted octanol–water partition coefficient (Wildman–Crippen LogP) is 3.48. The number of hydrogen-bond donors (Lipinski definition) is 0. The fraction of sp³-hybridized carbons (Fsp3) is 0.143. The zero-order chi connectivity index (χ0) is 8.27. The van der Waals surface area contributed by atoms with Crippen molar-refractivity contribution in [1.29, 1.82) is 0 Å². The minimum absolute atomic E-state index is 0.601. The summed E-state index contributed by atoms with van der Waals surface area (Å²) in [5, 5.41) is -0.186. The molecule has 0 aliphatic rings. The molecule has 0 aliphatic carbocycles. The van der Waals surface area contributed by atoms with Gasteiger partial charge in [-0.25, -0.2) is 0 Å². The average molecular weight is 211 g/mol. The molecule has 0 bridgehead atoms. The number of ether oxygens (including phenoxy) is 1. The molecule has 4 heteroatoms. The van der Waals surface area contributed by atoms with Gasteiger partial charge in [-0.3, -0.25) is 0 Å². The van der Waals surface area contributed by atoms with E-state index < -0.39 is 5.02 Å². The smallest absolute Gasteiger partial charge is 0.247 e. The zero-order valence-electron chi connectivity index (χ0n) is 5.43. The SMILES string of the molecule is Clc1ccc(OC(Cl)Cl)cc1. The highest BCUT2D eigenvalue weighted by Crippen LogP contribution is 2.18. The first-order chi connectivity index (χ1) is 5.18. The van der Waals surface area contributed by atoms with Gasteiger partial charge in [0.25, 0.3) is 0 Å². The fourth-order valence-corrected chi connectivity index (χ4v) is 0.948. The summed E-state index contributed by atoms with van der Waals surface area (Å²) in [5.74, 6) is 0.601. The van der Waals surface area contributed by atoms with Crippen molar-refractivity contribution in [3.8, 4) is 5.75 Å². The summed E-state index contributed by atoms with van der Waals surface area (Å²) in [7, 11) is 0. The maximum absolute atomic E-state index is 5.63. The van der Waals surface area contributed by atoms with E-state index in [1.54, 1.807) is 24.3 Å². The summed E-state index contributed by atoms with van der Waals surface area (Å²) < 4.78 is 4.94. The second-order valence-corrected chi connectivity index (χ2v) is 3.29. The van der Waals surface area contributed by atoms with E-state index in [0.29, 0.717) is 10.8 Å². The molecule has 60 valence electrons. The minimum Gasteiger partial charge on any atom is -0.461 e. The van der Waals surface area contributed by atoms with E-state index in [9.17, 15) is 0 Å². The molecule has 11 heavy (non-hydrogen) atoms. The van der Waals surface area contributed by atoms with Crippen LogP contribution in [0.4, 0.5) is 0 Å². The maximum atomic E-state index is 5.63. The molecule has 0 fully saturated rings. The fourth-order valence-electron chi connectivity index (χ4n) is 0.616. The molecule has 0 saturated heterocycles. The van der Waals surface area contributed by atoms with Gasteiger partial charge in [-0.2, -0.15) is 0 Å². The Morgan fingerprint density at radius 1 is 1.09 bits per heavy atom. The number of hydrogen-bond acceptors (Lipinski definition) is 1. The highest BCUT2D eigenvalue weighted by molar-refractivity contribution is 6.43. The Morgan fingerprint density at radius 2 is 1.64 bits per heavy atom. The summed E-state index contributed by atoms with van der Waals surface area (Å²) in [6.07, 6.45) is 0. The van der Waals surface area contributed by atoms with Crippen molar-refractivity contribution in [3.63, 3.8) is 0 Å². The van der Waals surface area contributed by atoms with Crippen LogP contribution in [0.1, 0.15) is 0 Å². The summed E-state index contributed by atoms with van der Waals surface area (Å²) in [5.41, 5.74) is 0. The molecule has 0 amide bonds. The van der Waals surface area contributed by atoms with Gasteiger partial charge >= 0.3 is 0 Å². The number of rotatable bonds is 2. The van der Waals surface area contributed by atoms with Crippen molar-refractivity contribution >= 4 is 34.8 Å². The third kappa shape index (κ3) is 3.19. The summed E-state index contributed by atoms with van der Waals surface area (Å²) in [4.78, 5) is 0. The van der Waals surface area contributed by atoms with Crippen LogP contribution in [0, 0.1) is 0 Å². The molecular weight excluding hydrogens is 206 g/mol. The van der Waals surface area contributed by atoms with Gasteiger partial charge in [0.2, 0.25) is 5.02 Å². The Bertz CT molecular complexity index is 220. The molecule has 1 nitrogen and oxygen atoms in total. The van der Waals surface area contributed by atoms with Gasteiger partial charge < -0.3 is 4.74 Å². The molecule has 0 N–H and O–H groups in total. The normalized spacial score (nSPS) is 10.2. The minimum atomic E-state index is -0.837. The maximum Gasteiger partial charge on any atom is 0.247 e. The Morgan fingerprint density at radius 3 is 2.09 bits per heavy atom. The van der Waals surface area contributed by atoms with E-state index in [4.69, 9.17) is 39.5 Å². The van der Waals surface area contributed by atoms with E-state index in [-0.39, 0.29) is 0 Å². The van der Waals surface area contributed by atoms with Gasteiger partial charge in [0.15, 0.2) is 0 Å². The first-order valence-electron chi connectivity index (χ1n) is 2.89. The lowest BCUT2D eigenvalue weighted by molar-refractivity contribution is 0.354. The Balaban J connectivity index is 2.66. The standard InChI is InChI=1S/C7H5Cl3O/c8-5-1-3-6(4-2-5)11-7(9)10/h1-4,7H. The average Bonchev–Trinajstić information content (AvgIpc) is 1.93. The van der Waals surface area contributed by atoms with Crippen molar-refractivity contribution in [1.82, 2.24) is 0 Å². The monoisotopic (exact) mass is 210 g/mol. The summed E-state index contributed by atoms with van der Waals surface area (Å²) >= 11 is 16.4. The van der Waals surface area contributed by atoms with Crippen molar-refractivity contribution < 1.29 is 4.74 Å².